The molecule has 5 nitrogen and oxygen atoms in total. The van der Waals surface area contributed by atoms with Gasteiger partial charge in [0.05, 0.1) is 29.9 Å². The summed E-state index contributed by atoms with van der Waals surface area (Å²) >= 11 is 1.57. The first-order chi connectivity index (χ1) is 11.6. The fourth-order valence-electron chi connectivity index (χ4n) is 2.49. The molecule has 1 amide bonds. The van der Waals surface area contributed by atoms with Crippen LogP contribution in [0.4, 0.5) is 0 Å². The quantitative estimate of drug-likeness (QED) is 0.693. The number of thiazole rings is 1. The minimum Gasteiger partial charge on any atom is -0.341 e. The molecule has 3 rings (SSSR count). The lowest BCUT2D eigenvalue weighted by Crippen LogP contribution is -2.27. The van der Waals surface area contributed by atoms with Gasteiger partial charge in [-0.1, -0.05) is 30.3 Å². The van der Waals surface area contributed by atoms with E-state index in [1.54, 1.807) is 16.2 Å². The van der Waals surface area contributed by atoms with E-state index in [2.05, 4.69) is 22.2 Å². The topological polar surface area (TPSA) is 51.0 Å². The number of rotatable bonds is 6. The van der Waals surface area contributed by atoms with Crippen molar-refractivity contribution in [2.45, 2.75) is 26.4 Å². The lowest BCUT2D eigenvalue weighted by Gasteiger charge is -2.15. The van der Waals surface area contributed by atoms with E-state index >= 15 is 0 Å². The number of benzene rings is 1. The molecule has 2 aromatic heterocycles. The van der Waals surface area contributed by atoms with Crippen LogP contribution in [-0.4, -0.2) is 32.6 Å². The number of aryl methyl sites for hydroxylation is 1. The van der Waals surface area contributed by atoms with E-state index in [0.29, 0.717) is 13.0 Å². The van der Waals surface area contributed by atoms with Crippen molar-refractivity contribution in [2.75, 3.05) is 7.05 Å². The molecule has 0 N–H and O–H groups in total. The van der Waals surface area contributed by atoms with Crippen molar-refractivity contribution in [1.29, 1.82) is 0 Å². The number of likely N-dealkylation sites (N-methyl/N-ethyl adjacent to an activating group) is 1. The lowest BCUT2D eigenvalue weighted by molar-refractivity contribution is -0.129. The Balaban J connectivity index is 1.56. The fraction of sp³-hybridized carbons (Fsp3) is 0.278. The fourth-order valence-corrected chi connectivity index (χ4v) is 3.10. The molecule has 0 aliphatic carbocycles. The molecule has 24 heavy (non-hydrogen) atoms. The molecule has 2 heterocycles. The number of amides is 1. The predicted octanol–water partition coefficient (Wildman–Crippen LogP) is 2.90. The normalized spacial score (nSPS) is 10.8. The molecule has 0 aliphatic heterocycles. The zero-order chi connectivity index (χ0) is 16.9. The largest absolute Gasteiger partial charge is 0.341 e. The maximum absolute atomic E-state index is 12.3. The standard InChI is InChI=1S/C18H20N4OS/c1-14-20-17(13-24-14)8-18(23)21(2)10-16-9-19-22(12-16)11-15-6-4-3-5-7-15/h3-7,9,12-13H,8,10-11H2,1-2H3. The first kappa shape index (κ1) is 16.4. The van der Waals surface area contributed by atoms with Crippen LogP contribution in [0.2, 0.25) is 0 Å². The summed E-state index contributed by atoms with van der Waals surface area (Å²) in [5, 5.41) is 7.31. The third-order valence-electron chi connectivity index (χ3n) is 3.72. The Morgan fingerprint density at radius 3 is 2.75 bits per heavy atom. The van der Waals surface area contributed by atoms with Crippen LogP contribution in [0.3, 0.4) is 0 Å². The molecule has 0 saturated heterocycles. The molecule has 0 spiro atoms. The van der Waals surface area contributed by atoms with Gasteiger partial charge >= 0.3 is 0 Å². The zero-order valence-corrected chi connectivity index (χ0v) is 14.7. The summed E-state index contributed by atoms with van der Waals surface area (Å²) in [4.78, 5) is 18.4. The molecule has 0 bridgehead atoms. The second kappa shape index (κ2) is 7.40. The molecule has 1 aromatic carbocycles. The first-order valence-corrected chi connectivity index (χ1v) is 8.68. The van der Waals surface area contributed by atoms with Gasteiger partial charge in [-0.3, -0.25) is 9.48 Å². The van der Waals surface area contributed by atoms with Crippen molar-refractivity contribution in [1.82, 2.24) is 19.7 Å². The highest BCUT2D eigenvalue weighted by Gasteiger charge is 2.13. The molecule has 0 saturated carbocycles. The Bertz CT molecular complexity index is 809. The van der Waals surface area contributed by atoms with Crippen LogP contribution in [-0.2, 0) is 24.3 Å². The summed E-state index contributed by atoms with van der Waals surface area (Å²) in [5.41, 5.74) is 3.07. The Hall–Kier alpha value is -2.47. The second-order valence-corrected chi connectivity index (χ2v) is 6.88. The van der Waals surface area contributed by atoms with E-state index in [1.165, 1.54) is 5.56 Å². The molecular formula is C18H20N4OS. The van der Waals surface area contributed by atoms with Crippen molar-refractivity contribution in [3.8, 4) is 0 Å². The average molecular weight is 340 g/mol. The van der Waals surface area contributed by atoms with Gasteiger partial charge in [-0.25, -0.2) is 4.98 Å². The van der Waals surface area contributed by atoms with Gasteiger partial charge in [0.1, 0.15) is 0 Å². The Morgan fingerprint density at radius 1 is 1.25 bits per heavy atom. The van der Waals surface area contributed by atoms with Crippen molar-refractivity contribution in [2.24, 2.45) is 0 Å². The smallest absolute Gasteiger partial charge is 0.228 e. The highest BCUT2D eigenvalue weighted by Crippen LogP contribution is 2.11. The van der Waals surface area contributed by atoms with E-state index in [-0.39, 0.29) is 5.91 Å². The summed E-state index contributed by atoms with van der Waals surface area (Å²) in [5.74, 6) is 0.0658. The summed E-state index contributed by atoms with van der Waals surface area (Å²) in [6.07, 6.45) is 4.16. The lowest BCUT2D eigenvalue weighted by atomic mass is 10.2. The summed E-state index contributed by atoms with van der Waals surface area (Å²) in [6.45, 7) is 3.23. The number of carbonyl (C=O) groups excluding carboxylic acids is 1. The number of hydrogen-bond acceptors (Lipinski definition) is 4. The van der Waals surface area contributed by atoms with E-state index in [9.17, 15) is 4.79 Å². The van der Waals surface area contributed by atoms with Crippen LogP contribution >= 0.6 is 11.3 Å². The minimum absolute atomic E-state index is 0.0658. The molecular weight excluding hydrogens is 320 g/mol. The zero-order valence-electron chi connectivity index (χ0n) is 13.8. The van der Waals surface area contributed by atoms with Crippen molar-refractivity contribution in [3.05, 3.63) is 69.9 Å². The average Bonchev–Trinajstić information content (AvgIpc) is 3.17. The van der Waals surface area contributed by atoms with Gasteiger partial charge in [0.25, 0.3) is 0 Å². The van der Waals surface area contributed by atoms with Crippen LogP contribution < -0.4 is 0 Å². The second-order valence-electron chi connectivity index (χ2n) is 5.82. The van der Waals surface area contributed by atoms with Gasteiger partial charge in [0.2, 0.25) is 5.91 Å². The number of aromatic nitrogens is 3. The maximum atomic E-state index is 12.3. The molecule has 0 fully saturated rings. The van der Waals surface area contributed by atoms with Gasteiger partial charge in [-0.2, -0.15) is 5.10 Å². The monoisotopic (exact) mass is 340 g/mol. The predicted molar refractivity (Wildman–Crippen MR) is 94.8 cm³/mol. The summed E-state index contributed by atoms with van der Waals surface area (Å²) in [7, 11) is 1.82. The van der Waals surface area contributed by atoms with Gasteiger partial charge in [0, 0.05) is 30.7 Å². The molecule has 6 heteroatoms. The minimum atomic E-state index is 0.0658. The van der Waals surface area contributed by atoms with Crippen LogP contribution in [0.15, 0.2) is 48.1 Å². The van der Waals surface area contributed by atoms with Crippen molar-refractivity contribution in [3.63, 3.8) is 0 Å². The van der Waals surface area contributed by atoms with Crippen LogP contribution in [0.25, 0.3) is 0 Å². The molecule has 0 atom stereocenters. The van der Waals surface area contributed by atoms with E-state index < -0.39 is 0 Å². The van der Waals surface area contributed by atoms with Crippen molar-refractivity contribution < 1.29 is 4.79 Å². The van der Waals surface area contributed by atoms with Crippen molar-refractivity contribution >= 4 is 17.2 Å². The molecule has 0 radical (unpaired) electrons. The van der Waals surface area contributed by atoms with E-state index in [4.69, 9.17) is 0 Å². The SMILES string of the molecule is Cc1nc(CC(=O)N(C)Cc2cnn(Cc3ccccc3)c2)cs1. The van der Waals surface area contributed by atoms with Gasteiger partial charge in [-0.15, -0.1) is 11.3 Å². The summed E-state index contributed by atoms with van der Waals surface area (Å²) < 4.78 is 1.90. The third-order valence-corrected chi connectivity index (χ3v) is 4.54. The number of carbonyl (C=O) groups is 1. The van der Waals surface area contributed by atoms with E-state index in [0.717, 1.165) is 22.8 Å². The molecule has 0 aliphatic rings. The van der Waals surface area contributed by atoms with Crippen LogP contribution in [0.5, 0.6) is 0 Å². The molecule has 3 aromatic rings. The van der Waals surface area contributed by atoms with Crippen LogP contribution in [0.1, 0.15) is 21.8 Å². The Labute approximate surface area is 145 Å². The van der Waals surface area contributed by atoms with Gasteiger partial charge in [-0.05, 0) is 12.5 Å². The van der Waals surface area contributed by atoms with Crippen LogP contribution in [0, 0.1) is 6.92 Å². The Kier molecular flexibility index (Phi) is 5.05. The van der Waals surface area contributed by atoms with Gasteiger partial charge in [0.15, 0.2) is 0 Å². The maximum Gasteiger partial charge on any atom is 0.228 e. The first-order valence-electron chi connectivity index (χ1n) is 7.80. The number of nitrogens with zero attached hydrogens (tertiary/aromatic N) is 4. The highest BCUT2D eigenvalue weighted by molar-refractivity contribution is 7.09. The highest BCUT2D eigenvalue weighted by atomic mass is 32.1. The third kappa shape index (κ3) is 4.29. The number of hydrogen-bond donors (Lipinski definition) is 0. The van der Waals surface area contributed by atoms with E-state index in [1.807, 2.05) is 54.6 Å². The molecule has 124 valence electrons. The summed E-state index contributed by atoms with van der Waals surface area (Å²) in [6, 6.07) is 10.2. The Morgan fingerprint density at radius 2 is 2.04 bits per heavy atom. The molecule has 0 unspecified atom stereocenters. The van der Waals surface area contributed by atoms with Gasteiger partial charge < -0.3 is 4.90 Å².